The van der Waals surface area contributed by atoms with Gasteiger partial charge in [-0.25, -0.2) is 4.79 Å². The normalized spacial score (nSPS) is 25.4. The third-order valence-electron chi connectivity index (χ3n) is 7.62. The van der Waals surface area contributed by atoms with Gasteiger partial charge in [-0.3, -0.25) is 4.79 Å². The summed E-state index contributed by atoms with van der Waals surface area (Å²) in [5, 5.41) is 21.2. The maximum Gasteiger partial charge on any atom is 0.404 e. The minimum Gasteiger partial charge on any atom is -0.462 e. The first-order chi connectivity index (χ1) is 17.8. The van der Waals surface area contributed by atoms with Gasteiger partial charge in [0.25, 0.3) is 0 Å². The number of nitrogens with two attached hydrogens (primary N) is 1. The van der Waals surface area contributed by atoms with Crippen molar-refractivity contribution in [2.75, 3.05) is 0 Å². The zero-order chi connectivity index (χ0) is 28.8. The standard InChI is InChI=1S/C31H51NO6/c1-8-9-13-21(3)28(38-31(32)36)14-11-10-12-20(2)17-24(6)29(34)22(4)15-16-26(33)19-27-18-23(5)25(7)30(35)37-27/h8-9,13,15-17,21-29,33-34H,1,10-12,14,18-19H2,2-7H3,(H2,32,36)/b13-9-,16-15-,20-17-/t21?,22-,23?,24?,25?,26?,27+,28?,29?/m0/s1. The number of primary amides is 1. The Balaban J connectivity index is 2.50. The highest BCUT2D eigenvalue weighted by molar-refractivity contribution is 5.73. The summed E-state index contributed by atoms with van der Waals surface area (Å²) in [4.78, 5) is 23.2. The van der Waals surface area contributed by atoms with E-state index in [0.29, 0.717) is 6.42 Å². The molecule has 1 saturated heterocycles. The summed E-state index contributed by atoms with van der Waals surface area (Å²) >= 11 is 0. The molecule has 7 nitrogen and oxygen atoms in total. The van der Waals surface area contributed by atoms with Crippen LogP contribution in [-0.4, -0.2) is 46.7 Å². The van der Waals surface area contributed by atoms with E-state index in [2.05, 4.69) is 19.6 Å². The van der Waals surface area contributed by atoms with Gasteiger partial charge >= 0.3 is 12.1 Å². The zero-order valence-electron chi connectivity index (χ0n) is 24.2. The van der Waals surface area contributed by atoms with Crippen LogP contribution >= 0.6 is 0 Å². The predicted octanol–water partition coefficient (Wildman–Crippen LogP) is 5.86. The van der Waals surface area contributed by atoms with E-state index >= 15 is 0 Å². The monoisotopic (exact) mass is 533 g/mol. The van der Waals surface area contributed by atoms with E-state index in [4.69, 9.17) is 15.2 Å². The van der Waals surface area contributed by atoms with Crippen LogP contribution < -0.4 is 5.73 Å². The summed E-state index contributed by atoms with van der Waals surface area (Å²) in [7, 11) is 0. The summed E-state index contributed by atoms with van der Waals surface area (Å²) in [6, 6.07) is 0. The molecule has 0 radical (unpaired) electrons. The fourth-order valence-corrected chi connectivity index (χ4v) is 4.90. The average Bonchev–Trinajstić information content (AvgIpc) is 2.85. The number of hydrogen-bond acceptors (Lipinski definition) is 6. The molecule has 1 rings (SSSR count). The molecule has 1 heterocycles. The number of esters is 1. The lowest BCUT2D eigenvalue weighted by atomic mass is 9.86. The number of cyclic esters (lactones) is 1. The van der Waals surface area contributed by atoms with Gasteiger partial charge in [0, 0.05) is 24.2 Å². The fourth-order valence-electron chi connectivity index (χ4n) is 4.90. The second kappa shape index (κ2) is 17.3. The Kier molecular flexibility index (Phi) is 15.3. The van der Waals surface area contributed by atoms with Gasteiger partial charge in [0.15, 0.2) is 0 Å². The summed E-state index contributed by atoms with van der Waals surface area (Å²) in [5.41, 5.74) is 6.44. The van der Waals surface area contributed by atoms with Gasteiger partial charge < -0.3 is 25.4 Å². The van der Waals surface area contributed by atoms with Crippen molar-refractivity contribution in [2.45, 2.75) is 104 Å². The molecule has 0 saturated carbocycles. The number of rotatable bonds is 16. The Morgan fingerprint density at radius 3 is 2.42 bits per heavy atom. The quantitative estimate of drug-likeness (QED) is 0.0989. The van der Waals surface area contributed by atoms with Gasteiger partial charge in [-0.1, -0.05) is 83.2 Å². The molecule has 0 aromatic heterocycles. The second-order valence-corrected chi connectivity index (χ2v) is 11.2. The topological polar surface area (TPSA) is 119 Å². The molecule has 0 aromatic carbocycles. The van der Waals surface area contributed by atoms with E-state index in [-0.39, 0.29) is 47.8 Å². The smallest absolute Gasteiger partial charge is 0.404 e. The summed E-state index contributed by atoms with van der Waals surface area (Å²) in [6.45, 7) is 15.6. The van der Waals surface area contributed by atoms with Crippen LogP contribution in [0.1, 0.15) is 80.1 Å². The summed E-state index contributed by atoms with van der Waals surface area (Å²) in [6.07, 6.45) is 13.0. The van der Waals surface area contributed by atoms with Crippen LogP contribution in [0.5, 0.6) is 0 Å². The number of amides is 1. The van der Waals surface area contributed by atoms with E-state index in [9.17, 15) is 19.8 Å². The zero-order valence-corrected chi connectivity index (χ0v) is 24.2. The molecule has 4 N–H and O–H groups in total. The van der Waals surface area contributed by atoms with E-state index in [1.54, 1.807) is 12.2 Å². The highest BCUT2D eigenvalue weighted by Crippen LogP contribution is 2.28. The third-order valence-corrected chi connectivity index (χ3v) is 7.62. The molecule has 38 heavy (non-hydrogen) atoms. The lowest BCUT2D eigenvalue weighted by molar-refractivity contribution is -0.164. The number of hydrogen-bond donors (Lipinski definition) is 3. The molecule has 1 fully saturated rings. The van der Waals surface area contributed by atoms with Crippen molar-refractivity contribution >= 4 is 12.1 Å². The molecule has 0 bridgehead atoms. The minimum absolute atomic E-state index is 0.0466. The fraction of sp³-hybridized carbons (Fsp3) is 0.677. The molecule has 7 heteroatoms. The van der Waals surface area contributed by atoms with E-state index in [0.717, 1.165) is 32.1 Å². The van der Waals surface area contributed by atoms with Crippen molar-refractivity contribution in [3.8, 4) is 0 Å². The molecule has 0 aliphatic carbocycles. The highest BCUT2D eigenvalue weighted by atomic mass is 16.6. The van der Waals surface area contributed by atoms with Crippen molar-refractivity contribution in [3.05, 3.63) is 48.6 Å². The number of unbranched alkanes of at least 4 members (excludes halogenated alkanes) is 1. The van der Waals surface area contributed by atoms with Gasteiger partial charge in [-0.15, -0.1) is 0 Å². The lowest BCUT2D eigenvalue weighted by Gasteiger charge is -2.32. The summed E-state index contributed by atoms with van der Waals surface area (Å²) in [5.74, 6) is -0.212. The van der Waals surface area contributed by atoms with Gasteiger partial charge in [-0.2, -0.15) is 0 Å². The van der Waals surface area contributed by atoms with E-state index in [1.807, 2.05) is 52.8 Å². The number of allylic oxidation sites excluding steroid dienone is 3. The molecular formula is C31H51NO6. The Morgan fingerprint density at radius 2 is 1.82 bits per heavy atom. The molecule has 216 valence electrons. The molecular weight excluding hydrogens is 482 g/mol. The summed E-state index contributed by atoms with van der Waals surface area (Å²) < 4.78 is 10.7. The molecule has 1 amide bonds. The number of aliphatic hydroxyl groups is 2. The number of ether oxygens (including phenoxy) is 2. The number of carbonyl (C=O) groups is 2. The van der Waals surface area contributed by atoms with Crippen LogP contribution in [0, 0.1) is 29.6 Å². The Hall–Kier alpha value is -2.38. The van der Waals surface area contributed by atoms with Crippen molar-refractivity contribution in [1.29, 1.82) is 0 Å². The number of carbonyl (C=O) groups excluding carboxylic acids is 2. The number of aliphatic hydroxyl groups excluding tert-OH is 2. The minimum atomic E-state index is -0.759. The third kappa shape index (κ3) is 12.4. The Morgan fingerprint density at radius 1 is 1.13 bits per heavy atom. The molecule has 1 aliphatic heterocycles. The Labute approximate surface area is 229 Å². The molecule has 0 spiro atoms. The second-order valence-electron chi connectivity index (χ2n) is 11.2. The van der Waals surface area contributed by atoms with Crippen LogP contribution in [-0.2, 0) is 14.3 Å². The van der Waals surface area contributed by atoms with Crippen LogP contribution in [0.2, 0.25) is 0 Å². The van der Waals surface area contributed by atoms with E-state index < -0.39 is 18.3 Å². The molecule has 9 atom stereocenters. The SMILES string of the molecule is C=C/C=C\C(C)C(CCCC/C(C)=C\C(C)C(O)[C@@H](C)/C=C\C(O)C[C@H]1CC(C)C(C)C(=O)O1)OC(N)=O. The van der Waals surface area contributed by atoms with Gasteiger partial charge in [0.1, 0.15) is 12.2 Å². The van der Waals surface area contributed by atoms with Crippen molar-refractivity contribution in [1.82, 2.24) is 0 Å². The van der Waals surface area contributed by atoms with Crippen molar-refractivity contribution < 1.29 is 29.3 Å². The first kappa shape index (κ1) is 33.6. The van der Waals surface area contributed by atoms with Gasteiger partial charge in [0.05, 0.1) is 18.1 Å². The van der Waals surface area contributed by atoms with Crippen LogP contribution in [0.3, 0.4) is 0 Å². The van der Waals surface area contributed by atoms with Crippen molar-refractivity contribution in [3.63, 3.8) is 0 Å². The Bertz CT molecular complexity index is 834. The first-order valence-corrected chi connectivity index (χ1v) is 14.0. The average molecular weight is 534 g/mol. The van der Waals surface area contributed by atoms with Gasteiger partial charge in [0.2, 0.25) is 0 Å². The molecule has 7 unspecified atom stereocenters. The predicted molar refractivity (Wildman–Crippen MR) is 152 cm³/mol. The van der Waals surface area contributed by atoms with Crippen LogP contribution in [0.15, 0.2) is 48.6 Å². The highest BCUT2D eigenvalue weighted by Gasteiger charge is 2.33. The first-order valence-electron chi connectivity index (χ1n) is 14.0. The van der Waals surface area contributed by atoms with Gasteiger partial charge in [-0.05, 0) is 44.9 Å². The van der Waals surface area contributed by atoms with Crippen LogP contribution in [0.25, 0.3) is 0 Å². The van der Waals surface area contributed by atoms with Crippen molar-refractivity contribution in [2.24, 2.45) is 35.3 Å². The lowest BCUT2D eigenvalue weighted by Crippen LogP contribution is -2.36. The molecule has 0 aromatic rings. The maximum atomic E-state index is 11.9. The largest absolute Gasteiger partial charge is 0.462 e. The van der Waals surface area contributed by atoms with Crippen LogP contribution in [0.4, 0.5) is 4.79 Å². The maximum absolute atomic E-state index is 11.9. The molecule has 1 aliphatic rings. The van der Waals surface area contributed by atoms with E-state index in [1.165, 1.54) is 5.57 Å².